The van der Waals surface area contributed by atoms with E-state index in [1.165, 1.54) is 0 Å². The number of benzene rings is 2. The molecule has 0 aliphatic carbocycles. The maximum absolute atomic E-state index is 12.4. The topological polar surface area (TPSA) is 61.2 Å². The third kappa shape index (κ3) is 3.46. The smallest absolute Gasteiger partial charge is 0.366 e. The van der Waals surface area contributed by atoms with Gasteiger partial charge in [-0.15, -0.1) is 4.09 Å². The molecule has 23 heavy (non-hydrogen) atoms. The molecule has 1 heterocycles. The van der Waals surface area contributed by atoms with Crippen LogP contribution >= 0.6 is 15.9 Å². The van der Waals surface area contributed by atoms with E-state index in [1.807, 2.05) is 24.3 Å². The summed E-state index contributed by atoms with van der Waals surface area (Å²) < 4.78 is 31.7. The number of halogens is 1. The van der Waals surface area contributed by atoms with Gasteiger partial charge in [0.25, 0.3) is 0 Å². The fraction of sp³-hybridized carbons (Fsp3) is 0.0625. The van der Waals surface area contributed by atoms with E-state index < -0.39 is 10.3 Å². The first kappa shape index (κ1) is 15.8. The Hall–Kier alpha value is -2.12. The Labute approximate surface area is 142 Å². The molecule has 0 N–H and O–H groups in total. The van der Waals surface area contributed by atoms with Crippen LogP contribution in [0.4, 0.5) is 0 Å². The third-order valence-electron chi connectivity index (χ3n) is 3.14. The van der Waals surface area contributed by atoms with Crippen LogP contribution in [0.15, 0.2) is 65.1 Å². The van der Waals surface area contributed by atoms with Gasteiger partial charge in [0, 0.05) is 10.0 Å². The zero-order valence-electron chi connectivity index (χ0n) is 12.2. The van der Waals surface area contributed by atoms with E-state index in [2.05, 4.69) is 21.0 Å². The summed E-state index contributed by atoms with van der Waals surface area (Å²) in [4.78, 5) is 0. The van der Waals surface area contributed by atoms with Crippen LogP contribution < -0.4 is 4.18 Å². The molecule has 0 saturated heterocycles. The minimum absolute atomic E-state index is 0.243. The normalized spacial score (nSPS) is 11.4. The van der Waals surface area contributed by atoms with E-state index in [1.54, 1.807) is 43.3 Å². The van der Waals surface area contributed by atoms with Crippen LogP contribution in [0.2, 0.25) is 0 Å². The fourth-order valence-electron chi connectivity index (χ4n) is 2.08. The van der Waals surface area contributed by atoms with E-state index in [0.717, 1.165) is 14.1 Å². The zero-order chi connectivity index (χ0) is 16.4. The monoisotopic (exact) mass is 392 g/mol. The molecule has 2 aromatic carbocycles. The number of hydrogen-bond donors (Lipinski definition) is 0. The van der Waals surface area contributed by atoms with Crippen LogP contribution in [-0.4, -0.2) is 17.6 Å². The summed E-state index contributed by atoms with van der Waals surface area (Å²) in [5.74, 6) is 0.243. The number of aryl methyl sites for hydroxylation is 1. The van der Waals surface area contributed by atoms with Crippen molar-refractivity contribution < 1.29 is 12.6 Å². The first-order chi connectivity index (χ1) is 11.0. The Balaban J connectivity index is 1.95. The maximum atomic E-state index is 12.4. The van der Waals surface area contributed by atoms with Gasteiger partial charge in [0.15, 0.2) is 0 Å². The van der Waals surface area contributed by atoms with Crippen molar-refractivity contribution in [3.05, 3.63) is 70.8 Å². The molecule has 0 spiro atoms. The Morgan fingerprint density at radius 2 is 1.70 bits per heavy atom. The lowest BCUT2D eigenvalue weighted by Crippen LogP contribution is -2.21. The van der Waals surface area contributed by atoms with Crippen molar-refractivity contribution in [3.8, 4) is 17.0 Å². The summed E-state index contributed by atoms with van der Waals surface area (Å²) in [5.41, 5.74) is 1.86. The lowest BCUT2D eigenvalue weighted by Gasteiger charge is -2.07. The number of rotatable bonds is 4. The molecule has 0 atom stereocenters. The second-order valence-electron chi connectivity index (χ2n) is 4.87. The summed E-state index contributed by atoms with van der Waals surface area (Å²) in [6.45, 7) is 1.67. The van der Waals surface area contributed by atoms with Gasteiger partial charge in [-0.2, -0.15) is 13.5 Å². The number of para-hydroxylation sites is 1. The minimum Gasteiger partial charge on any atom is -0.366 e. The first-order valence-corrected chi connectivity index (χ1v) is 8.94. The minimum atomic E-state index is -4.04. The molecule has 7 heteroatoms. The second kappa shape index (κ2) is 6.17. The predicted octanol–water partition coefficient (Wildman–Crippen LogP) is 3.79. The molecule has 0 amide bonds. The molecule has 0 unspecified atom stereocenters. The van der Waals surface area contributed by atoms with Crippen LogP contribution in [0.25, 0.3) is 11.3 Å². The van der Waals surface area contributed by atoms with E-state index in [-0.39, 0.29) is 5.75 Å². The summed E-state index contributed by atoms with van der Waals surface area (Å²) >= 11 is 3.36. The lowest BCUT2D eigenvalue weighted by atomic mass is 10.1. The van der Waals surface area contributed by atoms with Gasteiger partial charge in [-0.05, 0) is 37.3 Å². The largest absolute Gasteiger partial charge is 0.429 e. The molecule has 1 aromatic heterocycles. The van der Waals surface area contributed by atoms with E-state index in [9.17, 15) is 8.42 Å². The van der Waals surface area contributed by atoms with Crippen LogP contribution in [0.3, 0.4) is 0 Å². The lowest BCUT2D eigenvalue weighted by molar-refractivity contribution is 0.468. The van der Waals surface area contributed by atoms with Crippen molar-refractivity contribution in [2.75, 3.05) is 0 Å². The Bertz CT molecular complexity index is 920. The highest BCUT2D eigenvalue weighted by atomic mass is 79.9. The zero-order valence-corrected chi connectivity index (χ0v) is 14.6. The van der Waals surface area contributed by atoms with E-state index >= 15 is 0 Å². The molecule has 0 bridgehead atoms. The van der Waals surface area contributed by atoms with Crippen LogP contribution in [0, 0.1) is 6.92 Å². The molecule has 0 fully saturated rings. The molecule has 118 valence electrons. The molecule has 5 nitrogen and oxygen atoms in total. The molecule has 0 saturated carbocycles. The van der Waals surface area contributed by atoms with E-state index in [4.69, 9.17) is 4.18 Å². The Morgan fingerprint density at radius 3 is 2.35 bits per heavy atom. The quantitative estimate of drug-likeness (QED) is 0.677. The van der Waals surface area contributed by atoms with Gasteiger partial charge in [0.2, 0.25) is 0 Å². The number of aromatic nitrogens is 2. The summed E-state index contributed by atoms with van der Waals surface area (Å²) in [6.07, 6.45) is 0. The predicted molar refractivity (Wildman–Crippen MR) is 91.5 cm³/mol. The van der Waals surface area contributed by atoms with Crippen molar-refractivity contribution in [1.82, 2.24) is 9.19 Å². The molecule has 3 aromatic rings. The van der Waals surface area contributed by atoms with Gasteiger partial charge in [0.05, 0.1) is 11.4 Å². The van der Waals surface area contributed by atoms with Gasteiger partial charge in [-0.3, -0.25) is 0 Å². The SMILES string of the molecule is Cc1cc(-c2ccc(Br)cc2)nn1S(=O)(=O)Oc1ccccc1. The van der Waals surface area contributed by atoms with Crippen molar-refractivity contribution in [1.29, 1.82) is 0 Å². The molecule has 0 aliphatic heterocycles. The molecule has 0 radical (unpaired) electrons. The van der Waals surface area contributed by atoms with Crippen molar-refractivity contribution >= 4 is 26.2 Å². The number of nitrogens with zero attached hydrogens (tertiary/aromatic N) is 2. The van der Waals surface area contributed by atoms with Gasteiger partial charge in [-0.25, -0.2) is 0 Å². The van der Waals surface area contributed by atoms with Gasteiger partial charge < -0.3 is 4.18 Å². The Morgan fingerprint density at radius 1 is 1.04 bits per heavy atom. The van der Waals surface area contributed by atoms with Crippen molar-refractivity contribution in [2.24, 2.45) is 0 Å². The van der Waals surface area contributed by atoms with Gasteiger partial charge in [-0.1, -0.05) is 46.3 Å². The Kier molecular flexibility index (Phi) is 4.23. The highest BCUT2D eigenvalue weighted by molar-refractivity contribution is 9.10. The van der Waals surface area contributed by atoms with E-state index in [0.29, 0.717) is 11.4 Å². The molecular formula is C16H13BrN2O3S. The maximum Gasteiger partial charge on any atom is 0.429 e. The summed E-state index contributed by atoms with van der Waals surface area (Å²) in [6, 6.07) is 17.5. The standard InChI is InChI=1S/C16H13BrN2O3S/c1-12-11-16(13-7-9-14(17)10-8-13)18-19(12)23(20,21)22-15-5-3-2-4-6-15/h2-11H,1H3. The average molecular weight is 393 g/mol. The first-order valence-electron chi connectivity index (χ1n) is 6.78. The highest BCUT2D eigenvalue weighted by Crippen LogP contribution is 2.23. The van der Waals surface area contributed by atoms with Crippen molar-refractivity contribution in [2.45, 2.75) is 6.92 Å². The molecule has 3 rings (SSSR count). The second-order valence-corrected chi connectivity index (χ2v) is 7.16. The van der Waals surface area contributed by atoms with Crippen LogP contribution in [-0.2, 0) is 10.3 Å². The van der Waals surface area contributed by atoms with Crippen LogP contribution in [0.1, 0.15) is 5.69 Å². The average Bonchev–Trinajstić information content (AvgIpc) is 2.91. The fourth-order valence-corrected chi connectivity index (χ4v) is 3.36. The van der Waals surface area contributed by atoms with Gasteiger partial charge >= 0.3 is 10.3 Å². The van der Waals surface area contributed by atoms with Crippen LogP contribution in [0.5, 0.6) is 5.75 Å². The summed E-state index contributed by atoms with van der Waals surface area (Å²) in [5, 5.41) is 4.17. The third-order valence-corrected chi connectivity index (χ3v) is 4.87. The molecular weight excluding hydrogens is 380 g/mol. The summed E-state index contributed by atoms with van der Waals surface area (Å²) in [7, 11) is -4.04. The molecule has 0 aliphatic rings. The number of hydrogen-bond acceptors (Lipinski definition) is 4. The van der Waals surface area contributed by atoms with Crippen molar-refractivity contribution in [3.63, 3.8) is 0 Å². The highest BCUT2D eigenvalue weighted by Gasteiger charge is 2.20. The van der Waals surface area contributed by atoms with Gasteiger partial charge in [0.1, 0.15) is 5.75 Å².